The highest BCUT2D eigenvalue weighted by atomic mass is 32.2. The molecule has 1 heterocycles. The highest BCUT2D eigenvalue weighted by molar-refractivity contribution is 8.00. The summed E-state index contributed by atoms with van der Waals surface area (Å²) in [4.78, 5) is 2.34. The molecular formula is C17H25FN2S. The Balaban J connectivity index is 1.70. The first kappa shape index (κ1) is 15.2. The van der Waals surface area contributed by atoms with E-state index in [1.807, 2.05) is 11.8 Å². The molecule has 0 radical (unpaired) electrons. The molecule has 0 bridgehead atoms. The summed E-state index contributed by atoms with van der Waals surface area (Å²) in [5.41, 5.74) is 2.11. The van der Waals surface area contributed by atoms with Gasteiger partial charge in [0.25, 0.3) is 0 Å². The van der Waals surface area contributed by atoms with Gasteiger partial charge in [0.1, 0.15) is 5.82 Å². The van der Waals surface area contributed by atoms with Crippen LogP contribution in [0.5, 0.6) is 0 Å². The van der Waals surface area contributed by atoms with E-state index in [4.69, 9.17) is 0 Å². The van der Waals surface area contributed by atoms with Crippen LogP contribution in [0.25, 0.3) is 0 Å². The molecule has 0 unspecified atom stereocenters. The molecule has 0 atom stereocenters. The average molecular weight is 308 g/mol. The molecule has 1 aromatic carbocycles. The molecule has 1 N–H and O–H groups in total. The molecule has 4 heteroatoms. The molecule has 0 spiro atoms. The molecule has 0 aromatic heterocycles. The predicted octanol–water partition coefficient (Wildman–Crippen LogP) is 3.80. The second-order valence-electron chi connectivity index (χ2n) is 6.82. The topological polar surface area (TPSA) is 15.3 Å². The molecule has 1 saturated heterocycles. The molecule has 2 aliphatic rings. The van der Waals surface area contributed by atoms with Gasteiger partial charge in [0, 0.05) is 41.9 Å². The number of nitrogens with zero attached hydrogens (tertiary/aromatic N) is 1. The van der Waals surface area contributed by atoms with Gasteiger partial charge in [-0.3, -0.25) is 0 Å². The standard InChI is InChI=1S/C17H25FN2S/c1-17(2)5-6-20(7-8-21-17)16-10-13(9-14(18)11-16)12-19-15-3-4-15/h9-11,15,19H,3-8,12H2,1-2H3. The van der Waals surface area contributed by atoms with E-state index in [1.165, 1.54) is 12.8 Å². The summed E-state index contributed by atoms with van der Waals surface area (Å²) >= 11 is 2.02. The van der Waals surface area contributed by atoms with E-state index in [-0.39, 0.29) is 5.82 Å². The van der Waals surface area contributed by atoms with Crippen molar-refractivity contribution in [1.82, 2.24) is 5.32 Å². The molecule has 2 fully saturated rings. The van der Waals surface area contributed by atoms with Crippen LogP contribution in [0.1, 0.15) is 38.7 Å². The van der Waals surface area contributed by atoms with Crippen molar-refractivity contribution in [2.24, 2.45) is 0 Å². The van der Waals surface area contributed by atoms with Crippen molar-refractivity contribution in [3.8, 4) is 0 Å². The first-order valence-corrected chi connectivity index (χ1v) is 8.92. The molecule has 1 aromatic rings. The van der Waals surface area contributed by atoms with E-state index in [0.717, 1.165) is 43.1 Å². The van der Waals surface area contributed by atoms with Crippen molar-refractivity contribution >= 4 is 17.4 Å². The highest BCUT2D eigenvalue weighted by Crippen LogP contribution is 2.32. The number of halogens is 1. The normalized spacial score (nSPS) is 22.1. The van der Waals surface area contributed by atoms with Crippen LogP contribution in [0.4, 0.5) is 10.1 Å². The molecule has 3 rings (SSSR count). The zero-order chi connectivity index (χ0) is 14.9. The summed E-state index contributed by atoms with van der Waals surface area (Å²) in [5.74, 6) is 0.996. The maximum absolute atomic E-state index is 13.9. The molecule has 1 aliphatic heterocycles. The lowest BCUT2D eigenvalue weighted by Gasteiger charge is -2.25. The fraction of sp³-hybridized carbons (Fsp3) is 0.647. The largest absolute Gasteiger partial charge is 0.371 e. The average Bonchev–Trinajstić information content (AvgIpc) is 3.23. The minimum atomic E-state index is -0.115. The highest BCUT2D eigenvalue weighted by Gasteiger charge is 2.24. The SMILES string of the molecule is CC1(C)CCN(c2cc(F)cc(CNC3CC3)c2)CCS1. The van der Waals surface area contributed by atoms with Crippen LogP contribution in [0.15, 0.2) is 18.2 Å². The summed E-state index contributed by atoms with van der Waals surface area (Å²) in [6, 6.07) is 6.16. The third-order valence-corrected chi connectivity index (χ3v) is 5.69. The van der Waals surface area contributed by atoms with Gasteiger partial charge < -0.3 is 10.2 Å². The van der Waals surface area contributed by atoms with Crippen LogP contribution < -0.4 is 10.2 Å². The van der Waals surface area contributed by atoms with Gasteiger partial charge in [-0.05, 0) is 43.0 Å². The fourth-order valence-electron chi connectivity index (χ4n) is 2.75. The minimum Gasteiger partial charge on any atom is -0.371 e. The number of rotatable bonds is 4. The van der Waals surface area contributed by atoms with Crippen molar-refractivity contribution in [3.63, 3.8) is 0 Å². The summed E-state index contributed by atoms with van der Waals surface area (Å²) in [6.45, 7) is 7.41. The maximum Gasteiger partial charge on any atom is 0.125 e. The Hall–Kier alpha value is -0.740. The zero-order valence-corrected chi connectivity index (χ0v) is 13.8. The lowest BCUT2D eigenvalue weighted by molar-refractivity contribution is 0.614. The number of hydrogen-bond acceptors (Lipinski definition) is 3. The monoisotopic (exact) mass is 308 g/mol. The van der Waals surface area contributed by atoms with Gasteiger partial charge >= 0.3 is 0 Å². The van der Waals surface area contributed by atoms with Crippen LogP contribution >= 0.6 is 11.8 Å². The second kappa shape index (κ2) is 6.17. The van der Waals surface area contributed by atoms with Gasteiger partial charge in [0.15, 0.2) is 0 Å². The van der Waals surface area contributed by atoms with Crippen LogP contribution in [-0.2, 0) is 6.54 Å². The Kier molecular flexibility index (Phi) is 4.46. The summed E-state index contributed by atoms with van der Waals surface area (Å²) in [7, 11) is 0. The van der Waals surface area contributed by atoms with Crippen LogP contribution in [0, 0.1) is 5.82 Å². The number of anilines is 1. The quantitative estimate of drug-likeness (QED) is 0.911. The van der Waals surface area contributed by atoms with Gasteiger partial charge in [-0.25, -0.2) is 4.39 Å². The lowest BCUT2D eigenvalue weighted by Crippen LogP contribution is -2.27. The third kappa shape index (κ3) is 4.36. The van der Waals surface area contributed by atoms with Gasteiger partial charge in [0.2, 0.25) is 0 Å². The Morgan fingerprint density at radius 3 is 2.86 bits per heavy atom. The van der Waals surface area contributed by atoms with Crippen molar-refractivity contribution in [2.45, 2.75) is 50.4 Å². The Morgan fingerprint density at radius 1 is 1.29 bits per heavy atom. The first-order valence-electron chi connectivity index (χ1n) is 7.94. The van der Waals surface area contributed by atoms with E-state index in [1.54, 1.807) is 12.1 Å². The van der Waals surface area contributed by atoms with E-state index >= 15 is 0 Å². The molecule has 0 amide bonds. The summed E-state index contributed by atoms with van der Waals surface area (Å²) in [6.07, 6.45) is 3.67. The van der Waals surface area contributed by atoms with Crippen molar-refractivity contribution in [1.29, 1.82) is 0 Å². The number of benzene rings is 1. The molecule has 1 saturated carbocycles. The van der Waals surface area contributed by atoms with Crippen molar-refractivity contribution in [3.05, 3.63) is 29.6 Å². The number of hydrogen-bond donors (Lipinski definition) is 1. The lowest BCUT2D eigenvalue weighted by atomic mass is 10.1. The van der Waals surface area contributed by atoms with Gasteiger partial charge in [0.05, 0.1) is 0 Å². The molecule has 116 valence electrons. The first-order chi connectivity index (χ1) is 10.0. The van der Waals surface area contributed by atoms with E-state index in [0.29, 0.717) is 10.8 Å². The third-order valence-electron chi connectivity index (χ3n) is 4.32. The van der Waals surface area contributed by atoms with E-state index in [2.05, 4.69) is 30.1 Å². The Labute approximate surface area is 131 Å². The van der Waals surface area contributed by atoms with Crippen molar-refractivity contribution in [2.75, 3.05) is 23.7 Å². The molecule has 1 aliphatic carbocycles. The van der Waals surface area contributed by atoms with Crippen LogP contribution in [0.2, 0.25) is 0 Å². The predicted molar refractivity (Wildman–Crippen MR) is 89.6 cm³/mol. The molecule has 21 heavy (non-hydrogen) atoms. The molecular weight excluding hydrogens is 283 g/mol. The maximum atomic E-state index is 13.9. The minimum absolute atomic E-state index is 0.115. The van der Waals surface area contributed by atoms with Crippen LogP contribution in [-0.4, -0.2) is 29.6 Å². The molecule has 2 nitrogen and oxygen atoms in total. The van der Waals surface area contributed by atoms with Crippen LogP contribution in [0.3, 0.4) is 0 Å². The van der Waals surface area contributed by atoms with Gasteiger partial charge in [-0.2, -0.15) is 11.8 Å². The van der Waals surface area contributed by atoms with E-state index < -0.39 is 0 Å². The Morgan fingerprint density at radius 2 is 2.10 bits per heavy atom. The van der Waals surface area contributed by atoms with Gasteiger partial charge in [-0.1, -0.05) is 13.8 Å². The smallest absolute Gasteiger partial charge is 0.125 e. The van der Waals surface area contributed by atoms with E-state index in [9.17, 15) is 4.39 Å². The Bertz CT molecular complexity index is 500. The zero-order valence-electron chi connectivity index (χ0n) is 13.0. The van der Waals surface area contributed by atoms with Crippen molar-refractivity contribution < 1.29 is 4.39 Å². The summed E-state index contributed by atoms with van der Waals surface area (Å²) < 4.78 is 14.2. The number of nitrogens with one attached hydrogen (secondary N) is 1. The second-order valence-corrected chi connectivity index (χ2v) is 8.62. The summed E-state index contributed by atoms with van der Waals surface area (Å²) in [5, 5.41) is 3.47. The van der Waals surface area contributed by atoms with Gasteiger partial charge in [-0.15, -0.1) is 0 Å². The number of thioether (sulfide) groups is 1. The fourth-order valence-corrected chi connectivity index (χ4v) is 3.85.